The van der Waals surface area contributed by atoms with Crippen LogP contribution in [0, 0.1) is 0 Å². The van der Waals surface area contributed by atoms with Crippen LogP contribution in [0.2, 0.25) is 0 Å². The lowest BCUT2D eigenvalue weighted by Crippen LogP contribution is -2.22. The van der Waals surface area contributed by atoms with Crippen molar-refractivity contribution >= 4 is 10.0 Å². The largest absolute Gasteiger partial charge is 0.495 e. The molecule has 0 spiro atoms. The second-order valence-electron chi connectivity index (χ2n) is 3.90. The Morgan fingerprint density at radius 3 is 2.53 bits per heavy atom. The Hall–Kier alpha value is -1.11. The van der Waals surface area contributed by atoms with Gasteiger partial charge in [0.2, 0.25) is 10.0 Å². The average molecular weight is 258 g/mol. The summed E-state index contributed by atoms with van der Waals surface area (Å²) < 4.78 is 27.7. The van der Waals surface area contributed by atoms with E-state index in [1.165, 1.54) is 13.2 Å². The molecule has 0 aliphatic rings. The topological polar surface area (TPSA) is 95.4 Å². The SMILES string of the molecule is CCC(N)Cc1ccc(OC)c(S(N)(=O)=O)c1. The minimum Gasteiger partial charge on any atom is -0.495 e. The molecule has 1 rings (SSSR count). The van der Waals surface area contributed by atoms with Gasteiger partial charge in [0.25, 0.3) is 0 Å². The van der Waals surface area contributed by atoms with Crippen LogP contribution < -0.4 is 15.6 Å². The maximum absolute atomic E-state index is 11.4. The fourth-order valence-corrected chi connectivity index (χ4v) is 2.26. The molecule has 0 saturated carbocycles. The zero-order chi connectivity index (χ0) is 13.1. The van der Waals surface area contributed by atoms with Gasteiger partial charge in [-0.1, -0.05) is 13.0 Å². The molecule has 0 saturated heterocycles. The van der Waals surface area contributed by atoms with Gasteiger partial charge in [0.1, 0.15) is 10.6 Å². The molecular weight excluding hydrogens is 240 g/mol. The van der Waals surface area contributed by atoms with Crippen LogP contribution in [0.15, 0.2) is 23.1 Å². The molecule has 5 nitrogen and oxygen atoms in total. The van der Waals surface area contributed by atoms with Crippen molar-refractivity contribution in [3.63, 3.8) is 0 Å². The van der Waals surface area contributed by atoms with Crippen LogP contribution in [0.1, 0.15) is 18.9 Å². The maximum Gasteiger partial charge on any atom is 0.241 e. The fraction of sp³-hybridized carbons (Fsp3) is 0.455. The first-order valence-corrected chi connectivity index (χ1v) is 6.88. The standard InChI is InChI=1S/C11H18N2O3S/c1-3-9(12)6-8-4-5-10(16-2)11(7-8)17(13,14)15/h4-5,7,9H,3,6,12H2,1-2H3,(H2,13,14,15). The molecule has 0 aromatic heterocycles. The highest BCUT2D eigenvalue weighted by molar-refractivity contribution is 7.89. The van der Waals surface area contributed by atoms with Gasteiger partial charge >= 0.3 is 0 Å². The number of benzene rings is 1. The third-order valence-electron chi connectivity index (χ3n) is 2.56. The van der Waals surface area contributed by atoms with E-state index in [0.29, 0.717) is 6.42 Å². The summed E-state index contributed by atoms with van der Waals surface area (Å²) in [5.74, 6) is 0.251. The van der Waals surface area contributed by atoms with E-state index in [9.17, 15) is 8.42 Å². The third-order valence-corrected chi connectivity index (χ3v) is 3.49. The molecule has 1 aromatic rings. The van der Waals surface area contributed by atoms with Crippen molar-refractivity contribution in [3.05, 3.63) is 23.8 Å². The zero-order valence-corrected chi connectivity index (χ0v) is 10.8. The van der Waals surface area contributed by atoms with Gasteiger partial charge in [-0.3, -0.25) is 0 Å². The van der Waals surface area contributed by atoms with E-state index >= 15 is 0 Å². The minimum atomic E-state index is -3.78. The van der Waals surface area contributed by atoms with E-state index in [1.54, 1.807) is 12.1 Å². The molecule has 0 radical (unpaired) electrons. The van der Waals surface area contributed by atoms with Crippen molar-refractivity contribution in [3.8, 4) is 5.75 Å². The first-order valence-electron chi connectivity index (χ1n) is 5.33. The van der Waals surface area contributed by atoms with Gasteiger partial charge in [-0.2, -0.15) is 0 Å². The average Bonchev–Trinajstić information content (AvgIpc) is 2.27. The Morgan fingerprint density at radius 1 is 1.41 bits per heavy atom. The molecule has 0 bridgehead atoms. The van der Waals surface area contributed by atoms with Crippen LogP contribution in [0.25, 0.3) is 0 Å². The van der Waals surface area contributed by atoms with E-state index in [4.69, 9.17) is 15.6 Å². The van der Waals surface area contributed by atoms with Crippen LogP contribution >= 0.6 is 0 Å². The third kappa shape index (κ3) is 3.69. The number of methoxy groups -OCH3 is 1. The lowest BCUT2D eigenvalue weighted by molar-refractivity contribution is 0.402. The summed E-state index contributed by atoms with van der Waals surface area (Å²) in [5, 5.41) is 5.13. The van der Waals surface area contributed by atoms with Gasteiger partial charge < -0.3 is 10.5 Å². The first kappa shape index (κ1) is 14.0. The van der Waals surface area contributed by atoms with E-state index in [1.807, 2.05) is 6.92 Å². The highest BCUT2D eigenvalue weighted by Gasteiger charge is 2.16. The highest BCUT2D eigenvalue weighted by Crippen LogP contribution is 2.24. The summed E-state index contributed by atoms with van der Waals surface area (Å²) in [6.45, 7) is 1.98. The molecule has 96 valence electrons. The number of hydrogen-bond acceptors (Lipinski definition) is 4. The van der Waals surface area contributed by atoms with E-state index in [2.05, 4.69) is 0 Å². The number of ether oxygens (including phenoxy) is 1. The quantitative estimate of drug-likeness (QED) is 0.809. The fourth-order valence-electron chi connectivity index (χ4n) is 1.52. The van der Waals surface area contributed by atoms with Gasteiger partial charge in [0, 0.05) is 6.04 Å². The Labute approximate surface area is 102 Å². The number of primary sulfonamides is 1. The molecule has 0 amide bonds. The molecule has 1 atom stereocenters. The Bertz CT molecular complexity index is 485. The van der Waals surface area contributed by atoms with Gasteiger partial charge in [-0.05, 0) is 30.5 Å². The lowest BCUT2D eigenvalue weighted by Gasteiger charge is -2.12. The lowest BCUT2D eigenvalue weighted by atomic mass is 10.0. The smallest absolute Gasteiger partial charge is 0.241 e. The maximum atomic E-state index is 11.4. The monoisotopic (exact) mass is 258 g/mol. The molecule has 4 N–H and O–H groups in total. The molecule has 1 aromatic carbocycles. The second kappa shape index (κ2) is 5.48. The van der Waals surface area contributed by atoms with E-state index < -0.39 is 10.0 Å². The molecule has 0 heterocycles. The van der Waals surface area contributed by atoms with Crippen LogP contribution in [0.3, 0.4) is 0 Å². The predicted molar refractivity (Wildman–Crippen MR) is 66.3 cm³/mol. The number of hydrogen-bond donors (Lipinski definition) is 2. The number of sulfonamides is 1. The predicted octanol–water partition coefficient (Wildman–Crippen LogP) is 0.622. The summed E-state index contributed by atoms with van der Waals surface area (Å²) in [4.78, 5) is 0.000744. The normalized spacial score (nSPS) is 13.4. The second-order valence-corrected chi connectivity index (χ2v) is 5.43. The molecule has 0 fully saturated rings. The van der Waals surface area contributed by atoms with Crippen LogP contribution in [-0.2, 0) is 16.4 Å². The summed E-state index contributed by atoms with van der Waals surface area (Å²) in [7, 11) is -2.37. The van der Waals surface area contributed by atoms with Crippen molar-refractivity contribution in [2.24, 2.45) is 10.9 Å². The molecule has 0 aliphatic heterocycles. The van der Waals surface area contributed by atoms with E-state index in [0.717, 1.165) is 12.0 Å². The molecular formula is C11H18N2O3S. The van der Waals surface area contributed by atoms with Gasteiger partial charge in [-0.25, -0.2) is 13.6 Å². The van der Waals surface area contributed by atoms with Gasteiger partial charge in [-0.15, -0.1) is 0 Å². The Kier molecular flexibility index (Phi) is 4.50. The van der Waals surface area contributed by atoms with Gasteiger partial charge in [0.05, 0.1) is 7.11 Å². The zero-order valence-electron chi connectivity index (χ0n) is 10.0. The van der Waals surface area contributed by atoms with E-state index in [-0.39, 0.29) is 16.7 Å². The van der Waals surface area contributed by atoms with Crippen LogP contribution in [0.5, 0.6) is 5.75 Å². The summed E-state index contributed by atoms with van der Waals surface area (Å²) in [6.07, 6.45) is 1.44. The molecule has 6 heteroatoms. The van der Waals surface area contributed by atoms with Crippen molar-refractivity contribution in [2.45, 2.75) is 30.7 Å². The minimum absolute atomic E-state index is 0.000744. The first-order chi connectivity index (χ1) is 7.88. The number of rotatable bonds is 5. The highest BCUT2D eigenvalue weighted by atomic mass is 32.2. The van der Waals surface area contributed by atoms with Gasteiger partial charge in [0.15, 0.2) is 0 Å². The van der Waals surface area contributed by atoms with Crippen molar-refractivity contribution in [1.29, 1.82) is 0 Å². The molecule has 0 aliphatic carbocycles. The summed E-state index contributed by atoms with van der Waals surface area (Å²) in [6, 6.07) is 4.92. The Balaban J connectivity index is 3.14. The van der Waals surface area contributed by atoms with Crippen LogP contribution in [0.4, 0.5) is 0 Å². The van der Waals surface area contributed by atoms with Crippen molar-refractivity contribution in [2.75, 3.05) is 7.11 Å². The number of nitrogens with two attached hydrogens (primary N) is 2. The summed E-state index contributed by atoms with van der Waals surface area (Å²) in [5.41, 5.74) is 6.66. The van der Waals surface area contributed by atoms with Crippen molar-refractivity contribution in [1.82, 2.24) is 0 Å². The molecule has 17 heavy (non-hydrogen) atoms. The van der Waals surface area contributed by atoms with Crippen molar-refractivity contribution < 1.29 is 13.2 Å². The van der Waals surface area contributed by atoms with Crippen LogP contribution in [-0.4, -0.2) is 21.6 Å². The summed E-state index contributed by atoms with van der Waals surface area (Å²) >= 11 is 0. The molecule has 1 unspecified atom stereocenters. The Morgan fingerprint density at radius 2 is 2.06 bits per heavy atom.